The summed E-state index contributed by atoms with van der Waals surface area (Å²) in [5.74, 6) is 1.40. The lowest BCUT2D eigenvalue weighted by atomic mass is 10.3. The Bertz CT molecular complexity index is 753. The van der Waals surface area contributed by atoms with Crippen molar-refractivity contribution in [3.05, 3.63) is 24.1 Å². The van der Waals surface area contributed by atoms with Crippen LogP contribution in [0.5, 0.6) is 0 Å². The normalized spacial score (nSPS) is 17.0. The molecule has 1 aromatic carbocycles. The molecule has 1 aromatic heterocycles. The minimum atomic E-state index is -3.40. The monoisotopic (exact) mass is 328 g/mol. The molecular formula is C14H17ClN2O3S. The first-order chi connectivity index (χ1) is 9.97. The van der Waals surface area contributed by atoms with Crippen molar-refractivity contribution in [2.24, 2.45) is 5.92 Å². The number of nitrogens with zero attached hydrogens (tertiary/aromatic N) is 1. The van der Waals surface area contributed by atoms with Crippen LogP contribution in [0, 0.1) is 5.92 Å². The summed E-state index contributed by atoms with van der Waals surface area (Å²) < 4.78 is 32.2. The number of hydrogen-bond acceptors (Lipinski definition) is 4. The lowest BCUT2D eigenvalue weighted by Gasteiger charge is -2.10. The Morgan fingerprint density at radius 1 is 1.48 bits per heavy atom. The second-order valence-corrected chi connectivity index (χ2v) is 7.73. The Labute approximate surface area is 128 Å². The van der Waals surface area contributed by atoms with Crippen molar-refractivity contribution >= 4 is 38.4 Å². The van der Waals surface area contributed by atoms with Gasteiger partial charge < -0.3 is 4.42 Å². The molecule has 1 atom stereocenters. The van der Waals surface area contributed by atoms with Crippen LogP contribution in [-0.4, -0.2) is 25.0 Å². The van der Waals surface area contributed by atoms with Gasteiger partial charge >= 0.3 is 0 Å². The third-order valence-corrected chi connectivity index (χ3v) is 5.45. The van der Waals surface area contributed by atoms with Gasteiger partial charge in [0.25, 0.3) is 0 Å². The molecule has 2 aromatic rings. The highest BCUT2D eigenvalue weighted by molar-refractivity contribution is 7.92. The zero-order valence-corrected chi connectivity index (χ0v) is 13.2. The number of benzene rings is 1. The Balaban J connectivity index is 1.80. The zero-order chi connectivity index (χ0) is 15.0. The molecule has 21 heavy (non-hydrogen) atoms. The third-order valence-electron chi connectivity index (χ3n) is 3.37. The topological polar surface area (TPSA) is 72.2 Å². The standard InChI is InChI=1S/C14H17ClN2O3S/c1-9(7-15)8-21(18,19)17-11-4-5-13-12(6-11)16-14(20-13)10-2-3-10/h4-6,9-10,17H,2-3,7-8H2,1H3. The first-order valence-corrected chi connectivity index (χ1v) is 9.12. The van der Waals surface area contributed by atoms with Crippen LogP contribution in [-0.2, 0) is 10.0 Å². The van der Waals surface area contributed by atoms with Crippen LogP contribution < -0.4 is 4.72 Å². The van der Waals surface area contributed by atoms with Crippen molar-refractivity contribution in [1.29, 1.82) is 0 Å². The highest BCUT2D eigenvalue weighted by Gasteiger charge is 2.29. The molecule has 1 saturated carbocycles. The van der Waals surface area contributed by atoms with Crippen molar-refractivity contribution in [1.82, 2.24) is 4.98 Å². The number of nitrogens with one attached hydrogen (secondary N) is 1. The summed E-state index contributed by atoms with van der Waals surface area (Å²) in [5, 5.41) is 0. The van der Waals surface area contributed by atoms with E-state index in [0.29, 0.717) is 28.6 Å². The van der Waals surface area contributed by atoms with Crippen LogP contribution in [0.1, 0.15) is 31.6 Å². The quantitative estimate of drug-likeness (QED) is 0.826. The number of alkyl halides is 1. The highest BCUT2D eigenvalue weighted by Crippen LogP contribution is 2.40. The van der Waals surface area contributed by atoms with Crippen molar-refractivity contribution in [3.8, 4) is 0 Å². The number of sulfonamides is 1. The van der Waals surface area contributed by atoms with Gasteiger partial charge in [-0.2, -0.15) is 0 Å². The number of fused-ring (bicyclic) bond motifs is 1. The van der Waals surface area contributed by atoms with Crippen LogP contribution in [0.2, 0.25) is 0 Å². The van der Waals surface area contributed by atoms with Crippen molar-refractivity contribution < 1.29 is 12.8 Å². The summed E-state index contributed by atoms with van der Waals surface area (Å²) >= 11 is 5.66. The van der Waals surface area contributed by atoms with Gasteiger partial charge in [-0.3, -0.25) is 4.72 Å². The second-order valence-electron chi connectivity index (χ2n) is 5.65. The summed E-state index contributed by atoms with van der Waals surface area (Å²) in [6.07, 6.45) is 2.23. The third kappa shape index (κ3) is 3.49. The smallest absolute Gasteiger partial charge is 0.233 e. The number of halogens is 1. The van der Waals surface area contributed by atoms with Crippen LogP contribution in [0.25, 0.3) is 11.1 Å². The number of hydrogen-bond donors (Lipinski definition) is 1. The fourth-order valence-electron chi connectivity index (χ4n) is 2.15. The fraction of sp³-hybridized carbons (Fsp3) is 0.500. The molecule has 7 heteroatoms. The van der Waals surface area contributed by atoms with Gasteiger partial charge in [0.1, 0.15) is 5.52 Å². The Morgan fingerprint density at radius 3 is 2.90 bits per heavy atom. The summed E-state index contributed by atoms with van der Waals surface area (Å²) in [7, 11) is -3.40. The fourth-order valence-corrected chi connectivity index (χ4v) is 3.83. The van der Waals surface area contributed by atoms with E-state index in [2.05, 4.69) is 9.71 Å². The van der Waals surface area contributed by atoms with E-state index in [-0.39, 0.29) is 11.7 Å². The van der Waals surface area contributed by atoms with Gasteiger partial charge in [-0.1, -0.05) is 6.92 Å². The average Bonchev–Trinajstić information content (AvgIpc) is 3.18. The minimum Gasteiger partial charge on any atom is -0.440 e. The number of anilines is 1. The summed E-state index contributed by atoms with van der Waals surface area (Å²) in [4.78, 5) is 4.42. The minimum absolute atomic E-state index is 0.000671. The van der Waals surface area contributed by atoms with Gasteiger partial charge in [0.05, 0.1) is 11.4 Å². The van der Waals surface area contributed by atoms with Crippen LogP contribution >= 0.6 is 11.6 Å². The van der Waals surface area contributed by atoms with E-state index < -0.39 is 10.0 Å². The second kappa shape index (κ2) is 5.50. The molecule has 3 rings (SSSR count). The lowest BCUT2D eigenvalue weighted by molar-refractivity contribution is 0.533. The predicted molar refractivity (Wildman–Crippen MR) is 83.3 cm³/mol. The molecule has 114 valence electrons. The van der Waals surface area contributed by atoms with Crippen molar-refractivity contribution in [3.63, 3.8) is 0 Å². The Morgan fingerprint density at radius 2 is 2.24 bits per heavy atom. The molecule has 0 spiro atoms. The molecule has 0 amide bonds. The molecule has 1 aliphatic rings. The predicted octanol–water partition coefficient (Wildman–Crippen LogP) is 3.32. The van der Waals surface area contributed by atoms with Gasteiger partial charge in [0, 0.05) is 11.8 Å². The first kappa shape index (κ1) is 14.7. The van der Waals surface area contributed by atoms with E-state index in [0.717, 1.165) is 18.7 Å². The molecular weight excluding hydrogens is 312 g/mol. The molecule has 5 nitrogen and oxygen atoms in total. The van der Waals surface area contributed by atoms with Gasteiger partial charge in [0.15, 0.2) is 11.5 Å². The molecule has 1 unspecified atom stereocenters. The van der Waals surface area contributed by atoms with Crippen molar-refractivity contribution in [2.75, 3.05) is 16.4 Å². The lowest BCUT2D eigenvalue weighted by Crippen LogP contribution is -2.22. The maximum absolute atomic E-state index is 12.0. The van der Waals surface area contributed by atoms with Gasteiger partial charge in [-0.15, -0.1) is 11.6 Å². The van der Waals surface area contributed by atoms with E-state index in [1.165, 1.54) is 0 Å². The van der Waals surface area contributed by atoms with E-state index >= 15 is 0 Å². The van der Waals surface area contributed by atoms with Gasteiger partial charge in [0.2, 0.25) is 10.0 Å². The average molecular weight is 329 g/mol. The summed E-state index contributed by atoms with van der Waals surface area (Å²) in [6, 6.07) is 5.14. The molecule has 0 saturated heterocycles. The van der Waals surface area contributed by atoms with Gasteiger partial charge in [-0.05, 0) is 37.0 Å². The molecule has 0 bridgehead atoms. The maximum atomic E-state index is 12.0. The molecule has 0 aliphatic heterocycles. The summed E-state index contributed by atoms with van der Waals surface area (Å²) in [5.41, 5.74) is 1.87. The molecule has 0 radical (unpaired) electrons. The van der Waals surface area contributed by atoms with Gasteiger partial charge in [-0.25, -0.2) is 13.4 Å². The van der Waals surface area contributed by atoms with Crippen LogP contribution in [0.15, 0.2) is 22.6 Å². The Kier molecular flexibility index (Phi) is 3.84. The zero-order valence-electron chi connectivity index (χ0n) is 11.7. The van der Waals surface area contributed by atoms with Crippen molar-refractivity contribution in [2.45, 2.75) is 25.7 Å². The van der Waals surface area contributed by atoms with E-state index in [4.69, 9.17) is 16.0 Å². The number of oxazole rings is 1. The van der Waals surface area contributed by atoms with Crippen LogP contribution in [0.3, 0.4) is 0 Å². The molecule has 1 aliphatic carbocycles. The molecule has 1 N–H and O–H groups in total. The van der Waals surface area contributed by atoms with E-state index in [9.17, 15) is 8.42 Å². The number of aromatic nitrogens is 1. The summed E-state index contributed by atoms with van der Waals surface area (Å²) in [6.45, 7) is 1.80. The van der Waals surface area contributed by atoms with E-state index in [1.54, 1.807) is 25.1 Å². The molecule has 1 heterocycles. The maximum Gasteiger partial charge on any atom is 0.233 e. The highest BCUT2D eigenvalue weighted by atomic mass is 35.5. The van der Waals surface area contributed by atoms with Crippen LogP contribution in [0.4, 0.5) is 5.69 Å². The number of rotatable bonds is 6. The molecule has 1 fully saturated rings. The Hall–Kier alpha value is -1.27. The largest absolute Gasteiger partial charge is 0.440 e. The first-order valence-electron chi connectivity index (χ1n) is 6.94. The van der Waals surface area contributed by atoms with E-state index in [1.807, 2.05) is 0 Å². The SMILES string of the molecule is CC(CCl)CS(=O)(=O)Nc1ccc2oc(C3CC3)nc2c1.